The third-order valence-corrected chi connectivity index (χ3v) is 6.32. The van der Waals surface area contributed by atoms with Gasteiger partial charge in [-0.25, -0.2) is 27.6 Å². The summed E-state index contributed by atoms with van der Waals surface area (Å²) in [7, 11) is -4.11. The molecule has 192 valence electrons. The number of nitrogens with zero attached hydrogens (tertiary/aromatic N) is 4. The third-order valence-electron chi connectivity index (χ3n) is 5.41. The van der Waals surface area contributed by atoms with E-state index in [2.05, 4.69) is 20.3 Å². The second kappa shape index (κ2) is 10.5. The lowest BCUT2D eigenvalue weighted by Gasteiger charge is -2.19. The van der Waals surface area contributed by atoms with E-state index in [4.69, 9.17) is 9.88 Å². The Bertz CT molecular complexity index is 1400. The van der Waals surface area contributed by atoms with Gasteiger partial charge in [0.25, 0.3) is 0 Å². The molecule has 2 N–H and O–H groups in total. The van der Waals surface area contributed by atoms with Crippen LogP contribution in [0.15, 0.2) is 46.6 Å². The van der Waals surface area contributed by atoms with Gasteiger partial charge in [0.05, 0.1) is 10.3 Å². The van der Waals surface area contributed by atoms with E-state index in [1.807, 2.05) is 32.0 Å². The Morgan fingerprint density at radius 2 is 1.92 bits per heavy atom. The number of nitrogens with two attached hydrogens (primary N) is 1. The molecular formula is C23H26FN5O6S. The van der Waals surface area contributed by atoms with Gasteiger partial charge in [-0.2, -0.15) is 0 Å². The first kappa shape index (κ1) is 26.9. The van der Waals surface area contributed by atoms with Crippen molar-refractivity contribution in [3.8, 4) is 5.69 Å². The van der Waals surface area contributed by atoms with Crippen LogP contribution in [0.2, 0.25) is 0 Å². The van der Waals surface area contributed by atoms with Crippen LogP contribution in [0.3, 0.4) is 0 Å². The van der Waals surface area contributed by atoms with Crippen molar-refractivity contribution in [2.45, 2.75) is 45.6 Å². The molecule has 1 aromatic heterocycles. The van der Waals surface area contributed by atoms with Crippen LogP contribution in [0.5, 0.6) is 0 Å². The summed E-state index contributed by atoms with van der Waals surface area (Å²) >= 11 is 0. The number of esters is 1. The summed E-state index contributed by atoms with van der Waals surface area (Å²) in [6, 6.07) is 9.09. The van der Waals surface area contributed by atoms with Crippen molar-refractivity contribution < 1.29 is 27.2 Å². The molecule has 0 aliphatic rings. The van der Waals surface area contributed by atoms with Crippen molar-refractivity contribution in [2.24, 2.45) is 15.9 Å². The Morgan fingerprint density at radius 1 is 1.19 bits per heavy atom. The van der Waals surface area contributed by atoms with Crippen molar-refractivity contribution in [3.63, 3.8) is 0 Å². The maximum absolute atomic E-state index is 15.0. The average Bonchev–Trinajstić information content (AvgIpc) is 3.20. The molecule has 0 atom stereocenters. The van der Waals surface area contributed by atoms with Gasteiger partial charge in [-0.3, -0.25) is 4.79 Å². The maximum Gasteiger partial charge on any atom is 0.315 e. The summed E-state index contributed by atoms with van der Waals surface area (Å²) in [4.78, 5) is 31.1. The van der Waals surface area contributed by atoms with Gasteiger partial charge in [0.1, 0.15) is 23.9 Å². The molecular weight excluding hydrogens is 493 g/mol. The van der Waals surface area contributed by atoms with Gasteiger partial charge in [0, 0.05) is 6.42 Å². The van der Waals surface area contributed by atoms with Crippen LogP contribution in [-0.2, 0) is 37.4 Å². The summed E-state index contributed by atoms with van der Waals surface area (Å²) in [5, 5.41) is 11.7. The average molecular weight is 520 g/mol. The van der Waals surface area contributed by atoms with Crippen LogP contribution < -0.4 is 5.14 Å². The number of rotatable bonds is 10. The fourth-order valence-corrected chi connectivity index (χ4v) is 3.86. The van der Waals surface area contributed by atoms with Crippen LogP contribution >= 0.6 is 0 Å². The summed E-state index contributed by atoms with van der Waals surface area (Å²) in [5.41, 5.74) is 1.72. The smallest absolute Gasteiger partial charge is 0.315 e. The predicted molar refractivity (Wildman–Crippen MR) is 127 cm³/mol. The van der Waals surface area contributed by atoms with Crippen LogP contribution in [0, 0.1) is 30.0 Å². The molecule has 0 aliphatic carbocycles. The van der Waals surface area contributed by atoms with Crippen LogP contribution in [0.4, 0.5) is 4.39 Å². The quantitative estimate of drug-likeness (QED) is 0.243. The minimum absolute atomic E-state index is 0.0569. The van der Waals surface area contributed by atoms with E-state index in [9.17, 15) is 22.5 Å². The van der Waals surface area contributed by atoms with Crippen molar-refractivity contribution in [1.82, 2.24) is 14.8 Å². The highest BCUT2D eigenvalue weighted by atomic mass is 32.2. The van der Waals surface area contributed by atoms with Crippen LogP contribution in [0.25, 0.3) is 5.69 Å². The zero-order valence-corrected chi connectivity index (χ0v) is 21.0. The number of aryl methyl sites for hydroxylation is 2. The number of ether oxygens (including phenoxy) is 1. The second-order valence-corrected chi connectivity index (χ2v) is 10.5. The highest BCUT2D eigenvalue weighted by Crippen LogP contribution is 2.23. The molecule has 0 fully saturated rings. The summed E-state index contributed by atoms with van der Waals surface area (Å²) in [6.07, 6.45) is 0.273. The number of hydrogen-bond donors (Lipinski definition) is 1. The molecule has 0 unspecified atom stereocenters. The molecule has 0 aliphatic heterocycles. The monoisotopic (exact) mass is 519 g/mol. The Balaban J connectivity index is 1.98. The van der Waals surface area contributed by atoms with Crippen molar-refractivity contribution >= 4 is 16.0 Å². The fraction of sp³-hybridized carbons (Fsp3) is 0.348. The number of primary sulfonamides is 1. The van der Waals surface area contributed by atoms with Crippen LogP contribution in [0.1, 0.15) is 42.2 Å². The Morgan fingerprint density at radius 3 is 2.56 bits per heavy atom. The molecule has 3 rings (SSSR count). The van der Waals surface area contributed by atoms with E-state index in [0.717, 1.165) is 22.8 Å². The third kappa shape index (κ3) is 6.29. The molecule has 2 aromatic carbocycles. The molecule has 0 saturated heterocycles. The zero-order chi connectivity index (χ0) is 26.7. The number of carbonyl (C=O) groups excluding carboxylic acids is 1. The Labute approximate surface area is 207 Å². The van der Waals surface area contributed by atoms with Crippen molar-refractivity contribution in [1.29, 1.82) is 0 Å². The molecule has 13 heteroatoms. The van der Waals surface area contributed by atoms with Crippen molar-refractivity contribution in [3.05, 3.63) is 75.5 Å². The maximum atomic E-state index is 15.0. The van der Waals surface area contributed by atoms with E-state index < -0.39 is 27.2 Å². The molecule has 1 heterocycles. The minimum atomic E-state index is -4.11. The first-order valence-electron chi connectivity index (χ1n) is 10.8. The molecule has 0 spiro atoms. The number of sulfonamides is 1. The summed E-state index contributed by atoms with van der Waals surface area (Å²) < 4.78 is 44.7. The van der Waals surface area contributed by atoms with Gasteiger partial charge in [0.2, 0.25) is 10.0 Å². The van der Waals surface area contributed by atoms with E-state index >= 15 is 0 Å². The zero-order valence-electron chi connectivity index (χ0n) is 20.2. The lowest BCUT2D eigenvalue weighted by atomic mass is 9.95. The number of aromatic nitrogens is 3. The summed E-state index contributed by atoms with van der Waals surface area (Å²) in [6.45, 7) is 6.28. The van der Waals surface area contributed by atoms with E-state index in [1.54, 1.807) is 0 Å². The van der Waals surface area contributed by atoms with E-state index in [1.165, 1.54) is 30.7 Å². The van der Waals surface area contributed by atoms with Crippen LogP contribution in [-0.4, -0.2) is 35.8 Å². The van der Waals surface area contributed by atoms with Gasteiger partial charge >= 0.3 is 5.97 Å². The lowest BCUT2D eigenvalue weighted by Crippen LogP contribution is -2.31. The molecule has 3 aromatic rings. The summed E-state index contributed by atoms with van der Waals surface area (Å²) in [5.74, 6) is -1.13. The highest BCUT2D eigenvalue weighted by molar-refractivity contribution is 7.89. The number of hydrogen-bond acceptors (Lipinski definition) is 9. The van der Waals surface area contributed by atoms with Gasteiger partial charge in [0.15, 0.2) is 17.8 Å². The second-order valence-electron chi connectivity index (χ2n) is 8.93. The van der Waals surface area contributed by atoms with Gasteiger partial charge in [-0.15, -0.1) is 10.0 Å². The molecule has 0 amide bonds. The standard InChI is InChI=1S/C23H26FN5O6S/c1-14-5-6-15(2)16(9-14)10-21-26-20(12-34-22(30)23(3,4)13-35-28-31)27-29(21)19-8-7-17(11-18(19)24)36(25,32)33/h5-9,11H,10,12-13H2,1-4H3,(H2,25,32,33). The molecule has 0 saturated carbocycles. The van der Waals surface area contributed by atoms with E-state index in [0.29, 0.717) is 5.82 Å². The minimum Gasteiger partial charge on any atom is -0.457 e. The predicted octanol–water partition coefficient (Wildman–Crippen LogP) is 3.03. The lowest BCUT2D eigenvalue weighted by molar-refractivity contribution is -0.159. The van der Waals surface area contributed by atoms with Gasteiger partial charge < -0.3 is 9.57 Å². The Hall–Kier alpha value is -3.71. The van der Waals surface area contributed by atoms with Crippen molar-refractivity contribution in [2.75, 3.05) is 6.61 Å². The number of carbonyl (C=O) groups is 1. The molecule has 36 heavy (non-hydrogen) atoms. The molecule has 0 radical (unpaired) electrons. The first-order chi connectivity index (χ1) is 16.8. The highest BCUT2D eigenvalue weighted by Gasteiger charge is 2.31. The fourth-order valence-electron chi connectivity index (χ4n) is 3.33. The first-order valence-corrected chi connectivity index (χ1v) is 12.3. The molecule has 11 nitrogen and oxygen atoms in total. The topological polar surface area (TPSA) is 156 Å². The van der Waals surface area contributed by atoms with E-state index in [-0.39, 0.29) is 36.0 Å². The number of benzene rings is 2. The van der Waals surface area contributed by atoms with Gasteiger partial charge in [-0.05, 0) is 57.0 Å². The Kier molecular flexibility index (Phi) is 7.84. The SMILES string of the molecule is Cc1ccc(C)c(Cc2nc(COC(=O)C(C)(C)CON=O)nn2-c2ccc(S(N)(=O)=O)cc2F)c1. The van der Waals surface area contributed by atoms with Gasteiger partial charge in [-0.1, -0.05) is 23.8 Å². The number of halogens is 1. The molecule has 0 bridgehead atoms. The normalized spacial score (nSPS) is 11.8. The largest absolute Gasteiger partial charge is 0.457 e.